The summed E-state index contributed by atoms with van der Waals surface area (Å²) in [5.74, 6) is -0.695. The van der Waals surface area contributed by atoms with Crippen LogP contribution in [0.2, 0.25) is 0 Å². The molecule has 0 radical (unpaired) electrons. The summed E-state index contributed by atoms with van der Waals surface area (Å²) >= 11 is 0. The Labute approximate surface area is 113 Å². The molecule has 0 aromatic rings. The van der Waals surface area contributed by atoms with Gasteiger partial charge in [0.1, 0.15) is 0 Å². The molecule has 0 saturated carbocycles. The summed E-state index contributed by atoms with van der Waals surface area (Å²) in [6.45, 7) is 13.4. The van der Waals surface area contributed by atoms with Gasteiger partial charge in [0.25, 0.3) is 0 Å². The second kappa shape index (κ2) is 10.8. The molecule has 0 bridgehead atoms. The first-order chi connectivity index (χ1) is 8.76. The lowest BCUT2D eigenvalue weighted by molar-refractivity contribution is -0.119. The van der Waals surface area contributed by atoms with E-state index in [0.29, 0.717) is 11.1 Å². The second-order valence-electron chi connectivity index (χ2n) is 3.57. The highest BCUT2D eigenvalue weighted by Crippen LogP contribution is 1.85. The van der Waals surface area contributed by atoms with Gasteiger partial charge in [0.15, 0.2) is 0 Å². The van der Waals surface area contributed by atoms with Gasteiger partial charge in [-0.3, -0.25) is 14.4 Å². The van der Waals surface area contributed by atoms with Gasteiger partial charge < -0.3 is 16.0 Å². The summed E-state index contributed by atoms with van der Waals surface area (Å²) < 4.78 is 0. The van der Waals surface area contributed by atoms with Crippen molar-refractivity contribution >= 4 is 17.7 Å². The smallest absolute Gasteiger partial charge is 0.247 e. The van der Waals surface area contributed by atoms with E-state index in [9.17, 15) is 14.4 Å². The maximum Gasteiger partial charge on any atom is 0.247 e. The van der Waals surface area contributed by atoms with Crippen molar-refractivity contribution in [2.24, 2.45) is 0 Å². The van der Waals surface area contributed by atoms with E-state index in [1.54, 1.807) is 20.9 Å². The number of rotatable bonds is 5. The Balaban J connectivity index is 0. The summed E-state index contributed by atoms with van der Waals surface area (Å²) in [7, 11) is 1.56. The van der Waals surface area contributed by atoms with Crippen LogP contribution in [0, 0.1) is 0 Å². The summed E-state index contributed by atoms with van der Waals surface area (Å²) in [6, 6.07) is 0. The Hall–Kier alpha value is -2.37. The van der Waals surface area contributed by atoms with Crippen LogP contribution in [0.5, 0.6) is 0 Å². The Bertz CT molecular complexity index is 361. The first-order valence-corrected chi connectivity index (χ1v) is 5.47. The van der Waals surface area contributed by atoms with E-state index in [1.807, 2.05) is 0 Å². The van der Waals surface area contributed by atoms with Crippen LogP contribution >= 0.6 is 0 Å². The van der Waals surface area contributed by atoms with E-state index in [1.165, 1.54) is 6.08 Å². The van der Waals surface area contributed by atoms with Crippen LogP contribution in [0.25, 0.3) is 0 Å². The molecule has 0 aromatic heterocycles. The standard InChI is InChI=1S/C9H14N2O2.C4H7NO/c1-6(2)8(12)10-5-11-9(13)7(3)4;1-3-4(6)5-2/h1,3,5H2,2,4H3,(H,10,12)(H,11,13);3H,1H2,2H3,(H,5,6). The highest BCUT2D eigenvalue weighted by Gasteiger charge is 2.02. The molecule has 0 fully saturated rings. The monoisotopic (exact) mass is 267 g/mol. The fraction of sp³-hybridized carbons (Fsp3) is 0.308. The molecule has 0 aliphatic rings. The van der Waals surface area contributed by atoms with E-state index in [-0.39, 0.29) is 24.4 Å². The number of hydrogen-bond donors (Lipinski definition) is 3. The molecule has 0 spiro atoms. The molecule has 3 N–H and O–H groups in total. The van der Waals surface area contributed by atoms with Gasteiger partial charge in [-0.1, -0.05) is 19.7 Å². The molecule has 0 aliphatic carbocycles. The predicted octanol–water partition coefficient (Wildman–Crippen LogP) is 0.247. The van der Waals surface area contributed by atoms with Crippen molar-refractivity contribution in [1.29, 1.82) is 0 Å². The van der Waals surface area contributed by atoms with Gasteiger partial charge in [0.2, 0.25) is 17.7 Å². The van der Waals surface area contributed by atoms with Crippen molar-refractivity contribution in [2.45, 2.75) is 13.8 Å². The van der Waals surface area contributed by atoms with Crippen LogP contribution in [-0.2, 0) is 14.4 Å². The van der Waals surface area contributed by atoms with Crippen LogP contribution in [0.1, 0.15) is 13.8 Å². The lowest BCUT2D eigenvalue weighted by Gasteiger charge is -2.06. The van der Waals surface area contributed by atoms with Crippen molar-refractivity contribution in [3.63, 3.8) is 0 Å². The number of hydrogen-bond acceptors (Lipinski definition) is 3. The van der Waals surface area contributed by atoms with Crippen LogP contribution in [0.4, 0.5) is 0 Å². The minimum absolute atomic E-state index is 0.0946. The molecule has 6 heteroatoms. The molecule has 0 atom stereocenters. The molecule has 0 unspecified atom stereocenters. The number of likely N-dealkylation sites (N-methyl/N-ethyl adjacent to an activating group) is 1. The molecule has 0 aliphatic heterocycles. The molecular formula is C13H21N3O3. The van der Waals surface area contributed by atoms with Crippen LogP contribution < -0.4 is 16.0 Å². The Morgan fingerprint density at radius 2 is 1.37 bits per heavy atom. The third-order valence-corrected chi connectivity index (χ3v) is 1.70. The molecule has 0 rings (SSSR count). The van der Waals surface area contributed by atoms with Gasteiger partial charge >= 0.3 is 0 Å². The third-order valence-electron chi connectivity index (χ3n) is 1.70. The van der Waals surface area contributed by atoms with Crippen molar-refractivity contribution in [2.75, 3.05) is 13.7 Å². The SMILES string of the molecule is C=C(C)C(=O)NCNC(=O)C(=C)C.C=CC(=O)NC. The number of amides is 3. The first-order valence-electron chi connectivity index (χ1n) is 5.47. The summed E-state index contributed by atoms with van der Waals surface area (Å²) in [5.41, 5.74) is 0.814. The minimum atomic E-state index is -0.276. The normalized spacial score (nSPS) is 8.16. The van der Waals surface area contributed by atoms with E-state index in [4.69, 9.17) is 0 Å². The predicted molar refractivity (Wildman–Crippen MR) is 75.0 cm³/mol. The van der Waals surface area contributed by atoms with E-state index >= 15 is 0 Å². The zero-order valence-electron chi connectivity index (χ0n) is 11.6. The van der Waals surface area contributed by atoms with Crippen LogP contribution in [-0.4, -0.2) is 31.4 Å². The maximum absolute atomic E-state index is 10.9. The molecule has 19 heavy (non-hydrogen) atoms. The fourth-order valence-electron chi connectivity index (χ4n) is 0.609. The third kappa shape index (κ3) is 11.9. The summed E-state index contributed by atoms with van der Waals surface area (Å²) in [6.07, 6.45) is 1.22. The van der Waals surface area contributed by atoms with Gasteiger partial charge in [-0.25, -0.2) is 0 Å². The topological polar surface area (TPSA) is 87.3 Å². The van der Waals surface area contributed by atoms with Gasteiger partial charge in [0, 0.05) is 18.2 Å². The van der Waals surface area contributed by atoms with Crippen molar-refractivity contribution in [1.82, 2.24) is 16.0 Å². The van der Waals surface area contributed by atoms with Gasteiger partial charge in [0.05, 0.1) is 6.67 Å². The molecule has 0 heterocycles. The molecular weight excluding hydrogens is 246 g/mol. The minimum Gasteiger partial charge on any atom is -0.356 e. The highest BCUT2D eigenvalue weighted by atomic mass is 16.2. The van der Waals surface area contributed by atoms with Gasteiger partial charge in [-0.05, 0) is 19.9 Å². The lowest BCUT2D eigenvalue weighted by atomic mass is 10.3. The first kappa shape index (κ1) is 19.0. The zero-order valence-corrected chi connectivity index (χ0v) is 11.6. The van der Waals surface area contributed by atoms with Gasteiger partial charge in [-0.15, -0.1) is 0 Å². The number of carbonyl (C=O) groups is 3. The number of nitrogens with one attached hydrogen (secondary N) is 3. The second-order valence-corrected chi connectivity index (χ2v) is 3.57. The van der Waals surface area contributed by atoms with Crippen LogP contribution in [0.15, 0.2) is 37.0 Å². The molecule has 106 valence electrons. The average Bonchev–Trinajstić information content (AvgIpc) is 2.37. The average molecular weight is 267 g/mol. The maximum atomic E-state index is 10.9. The summed E-state index contributed by atoms with van der Waals surface area (Å²) in [4.78, 5) is 31.8. The largest absolute Gasteiger partial charge is 0.356 e. The van der Waals surface area contributed by atoms with Crippen molar-refractivity contribution in [3.05, 3.63) is 37.0 Å². The lowest BCUT2D eigenvalue weighted by Crippen LogP contribution is -2.37. The van der Waals surface area contributed by atoms with Crippen LogP contribution in [0.3, 0.4) is 0 Å². The van der Waals surface area contributed by atoms with Crippen molar-refractivity contribution < 1.29 is 14.4 Å². The molecule has 0 aromatic carbocycles. The van der Waals surface area contributed by atoms with E-state index in [0.717, 1.165) is 0 Å². The fourth-order valence-corrected chi connectivity index (χ4v) is 0.609. The van der Waals surface area contributed by atoms with E-state index in [2.05, 4.69) is 35.7 Å². The molecule has 0 saturated heterocycles. The quantitative estimate of drug-likeness (QED) is 0.493. The van der Waals surface area contributed by atoms with E-state index < -0.39 is 0 Å². The highest BCUT2D eigenvalue weighted by molar-refractivity contribution is 5.94. The molecule has 6 nitrogen and oxygen atoms in total. The Kier molecular flexibility index (Phi) is 10.8. The Morgan fingerprint density at radius 1 is 1.00 bits per heavy atom. The molecule has 3 amide bonds. The van der Waals surface area contributed by atoms with Crippen molar-refractivity contribution in [3.8, 4) is 0 Å². The number of carbonyl (C=O) groups excluding carboxylic acids is 3. The zero-order chi connectivity index (χ0) is 15.4. The summed E-state index contributed by atoms with van der Waals surface area (Å²) in [5, 5.41) is 7.27. The Morgan fingerprint density at radius 3 is 1.53 bits per heavy atom. The van der Waals surface area contributed by atoms with Gasteiger partial charge in [-0.2, -0.15) is 0 Å².